The minimum Gasteiger partial charge on any atom is -0.490 e. The average Bonchev–Trinajstić information content (AvgIpc) is 3.36. The molecule has 1 aromatic heterocycles. The summed E-state index contributed by atoms with van der Waals surface area (Å²) in [7, 11) is 1.80. The fourth-order valence-electron chi connectivity index (χ4n) is 4.70. The van der Waals surface area contributed by atoms with Crippen molar-refractivity contribution >= 4 is 28.3 Å². The number of nitrogens with zero attached hydrogens (tertiary/aromatic N) is 1. The fraction of sp³-hybridized carbons (Fsp3) is 0.214. The predicted octanol–water partition coefficient (Wildman–Crippen LogP) is 4.81. The number of fused-ring (bicyclic) bond motifs is 2. The zero-order valence-electron chi connectivity index (χ0n) is 19.8. The molecule has 0 saturated heterocycles. The van der Waals surface area contributed by atoms with E-state index in [0.717, 1.165) is 5.52 Å². The van der Waals surface area contributed by atoms with Gasteiger partial charge in [-0.3, -0.25) is 9.59 Å². The lowest BCUT2D eigenvalue weighted by Gasteiger charge is -2.33. The molecule has 0 bridgehead atoms. The third-order valence-corrected chi connectivity index (χ3v) is 6.67. The van der Waals surface area contributed by atoms with Crippen LogP contribution < -0.4 is 14.4 Å². The minimum absolute atomic E-state index is 0.218. The van der Waals surface area contributed by atoms with Crippen molar-refractivity contribution in [1.82, 2.24) is 4.98 Å². The summed E-state index contributed by atoms with van der Waals surface area (Å²) in [4.78, 5) is 30.7. The molecule has 0 fully saturated rings. The van der Waals surface area contributed by atoms with Gasteiger partial charge in [-0.05, 0) is 61.0 Å². The van der Waals surface area contributed by atoms with Gasteiger partial charge < -0.3 is 24.5 Å². The molecule has 7 nitrogen and oxygen atoms in total. The lowest BCUT2D eigenvalue weighted by molar-refractivity contribution is -0.141. The van der Waals surface area contributed by atoms with Gasteiger partial charge in [0.2, 0.25) is 0 Å². The number of hydrogen-bond acceptors (Lipinski definition) is 5. The Kier molecular flexibility index (Phi) is 5.88. The van der Waals surface area contributed by atoms with Gasteiger partial charge in [0.15, 0.2) is 11.2 Å². The molecule has 184 valence electrons. The van der Waals surface area contributed by atoms with Crippen molar-refractivity contribution in [3.05, 3.63) is 89.9 Å². The van der Waals surface area contributed by atoms with E-state index in [1.807, 2.05) is 6.07 Å². The van der Waals surface area contributed by atoms with Crippen LogP contribution in [0.4, 0.5) is 10.1 Å². The summed E-state index contributed by atoms with van der Waals surface area (Å²) >= 11 is 0. The molecule has 0 amide bonds. The van der Waals surface area contributed by atoms with Gasteiger partial charge in [-0.2, -0.15) is 0 Å². The van der Waals surface area contributed by atoms with Crippen LogP contribution in [0, 0.1) is 5.82 Å². The van der Waals surface area contributed by atoms with E-state index in [0.29, 0.717) is 34.7 Å². The SMILES string of the molecule is CN1C[C@@H](COc2ccc(C(=O)C(C)(C(=O)O)c3cccc4[nH]ccc34)cc2)Oc2cccc(F)c21. The number of anilines is 1. The number of aliphatic carboxylic acids is 1. The Balaban J connectivity index is 1.32. The maximum atomic E-state index is 14.1. The molecule has 1 unspecified atom stereocenters. The Bertz CT molecular complexity index is 1450. The summed E-state index contributed by atoms with van der Waals surface area (Å²) in [5, 5.41) is 10.8. The Labute approximate surface area is 207 Å². The molecule has 3 aromatic carbocycles. The Morgan fingerprint density at radius 1 is 1.14 bits per heavy atom. The van der Waals surface area contributed by atoms with Gasteiger partial charge in [0.1, 0.15) is 35.7 Å². The number of nitrogens with one attached hydrogen (secondary N) is 1. The Hall–Kier alpha value is -4.33. The maximum absolute atomic E-state index is 14.1. The first-order valence-corrected chi connectivity index (χ1v) is 11.5. The maximum Gasteiger partial charge on any atom is 0.321 e. The molecule has 1 aliphatic heterocycles. The number of benzene rings is 3. The number of ketones is 1. The van der Waals surface area contributed by atoms with E-state index in [1.54, 1.807) is 72.7 Å². The number of ether oxygens (including phenoxy) is 2. The fourth-order valence-corrected chi connectivity index (χ4v) is 4.70. The number of para-hydroxylation sites is 1. The third kappa shape index (κ3) is 3.94. The number of aromatic nitrogens is 1. The molecular formula is C28H25FN2O5. The van der Waals surface area contributed by atoms with E-state index in [-0.39, 0.29) is 24.1 Å². The molecule has 0 saturated carbocycles. The van der Waals surface area contributed by atoms with Crippen molar-refractivity contribution in [2.75, 3.05) is 25.1 Å². The molecule has 2 atom stereocenters. The molecule has 2 heterocycles. The van der Waals surface area contributed by atoms with Crippen LogP contribution in [0.1, 0.15) is 22.8 Å². The number of H-pyrrole nitrogens is 1. The highest BCUT2D eigenvalue weighted by molar-refractivity contribution is 6.18. The zero-order valence-corrected chi connectivity index (χ0v) is 19.8. The molecule has 8 heteroatoms. The lowest BCUT2D eigenvalue weighted by atomic mass is 9.75. The molecule has 1 aliphatic rings. The molecule has 36 heavy (non-hydrogen) atoms. The molecular weight excluding hydrogens is 463 g/mol. The molecule has 5 rings (SSSR count). The smallest absolute Gasteiger partial charge is 0.321 e. The number of hydrogen-bond donors (Lipinski definition) is 2. The van der Waals surface area contributed by atoms with Crippen molar-refractivity contribution in [2.45, 2.75) is 18.4 Å². The van der Waals surface area contributed by atoms with E-state index in [9.17, 15) is 19.1 Å². The summed E-state index contributed by atoms with van der Waals surface area (Å²) in [5.74, 6) is -1.12. The number of likely N-dealkylation sites (N-methyl/N-ethyl adjacent to an activating group) is 1. The van der Waals surface area contributed by atoms with Crippen LogP contribution in [0.3, 0.4) is 0 Å². The highest BCUT2D eigenvalue weighted by Crippen LogP contribution is 2.36. The van der Waals surface area contributed by atoms with Gasteiger partial charge in [0, 0.05) is 29.7 Å². The lowest BCUT2D eigenvalue weighted by Crippen LogP contribution is -2.41. The molecule has 0 spiro atoms. The number of aromatic amines is 1. The van der Waals surface area contributed by atoms with Gasteiger partial charge in [-0.1, -0.05) is 18.2 Å². The molecule has 2 N–H and O–H groups in total. The highest BCUT2D eigenvalue weighted by atomic mass is 19.1. The quantitative estimate of drug-likeness (QED) is 0.287. The number of halogens is 1. The number of rotatable bonds is 7. The number of carboxylic acid groups (broad SMARTS) is 1. The van der Waals surface area contributed by atoms with E-state index in [1.165, 1.54) is 13.0 Å². The second-order valence-corrected chi connectivity index (χ2v) is 9.05. The van der Waals surface area contributed by atoms with Crippen LogP contribution in [-0.2, 0) is 10.2 Å². The van der Waals surface area contributed by atoms with Crippen molar-refractivity contribution in [3.8, 4) is 11.5 Å². The van der Waals surface area contributed by atoms with Crippen molar-refractivity contribution in [2.24, 2.45) is 0 Å². The minimum atomic E-state index is -1.77. The summed E-state index contributed by atoms with van der Waals surface area (Å²) in [6, 6.07) is 18.1. The van der Waals surface area contributed by atoms with Crippen molar-refractivity contribution in [3.63, 3.8) is 0 Å². The predicted molar refractivity (Wildman–Crippen MR) is 134 cm³/mol. The topological polar surface area (TPSA) is 91.9 Å². The van der Waals surface area contributed by atoms with Crippen LogP contribution in [0.25, 0.3) is 10.9 Å². The van der Waals surface area contributed by atoms with Crippen LogP contribution in [0.5, 0.6) is 11.5 Å². The highest BCUT2D eigenvalue weighted by Gasteiger charge is 2.44. The Morgan fingerprint density at radius 2 is 1.89 bits per heavy atom. The van der Waals surface area contributed by atoms with Crippen molar-refractivity contribution < 1.29 is 28.6 Å². The summed E-state index contributed by atoms with van der Waals surface area (Å²) in [5.41, 5.74) is 0.103. The molecule has 0 aliphatic carbocycles. The number of carbonyl (C=O) groups is 2. The van der Waals surface area contributed by atoms with Gasteiger partial charge in [-0.25, -0.2) is 4.39 Å². The normalized spacial score (nSPS) is 16.6. The second-order valence-electron chi connectivity index (χ2n) is 9.05. The third-order valence-electron chi connectivity index (χ3n) is 6.67. The number of carboxylic acids is 1. The first-order valence-electron chi connectivity index (χ1n) is 11.5. The molecule has 4 aromatic rings. The zero-order chi connectivity index (χ0) is 25.4. The van der Waals surface area contributed by atoms with Crippen LogP contribution in [0.2, 0.25) is 0 Å². The van der Waals surface area contributed by atoms with Crippen molar-refractivity contribution in [1.29, 1.82) is 0 Å². The van der Waals surface area contributed by atoms with Crippen LogP contribution in [0.15, 0.2) is 72.9 Å². The number of Topliss-reactive ketones (excluding diaryl/α,β-unsaturated/α-hetero) is 1. The van der Waals surface area contributed by atoms with Crippen LogP contribution >= 0.6 is 0 Å². The second kappa shape index (κ2) is 9.03. The number of carbonyl (C=O) groups excluding carboxylic acids is 1. The summed E-state index contributed by atoms with van der Waals surface area (Å²) in [6.45, 7) is 2.10. The first-order chi connectivity index (χ1) is 17.3. The monoisotopic (exact) mass is 488 g/mol. The van der Waals surface area contributed by atoms with Crippen LogP contribution in [-0.4, -0.2) is 48.1 Å². The standard InChI is InChI=1S/C28H25FN2O5/c1-28(27(33)34,21-5-3-7-23-20(21)13-14-30-23)26(32)17-9-11-18(12-10-17)35-16-19-15-31(2)25-22(29)6-4-8-24(25)36-19/h3-14,19,30H,15-16H2,1-2H3,(H,33,34)/t19-,28?/m0/s1. The molecule has 0 radical (unpaired) electrons. The van der Waals surface area contributed by atoms with E-state index < -0.39 is 17.2 Å². The van der Waals surface area contributed by atoms with Gasteiger partial charge in [-0.15, -0.1) is 0 Å². The van der Waals surface area contributed by atoms with Gasteiger partial charge in [0.05, 0.1) is 6.54 Å². The first kappa shape index (κ1) is 23.4. The summed E-state index contributed by atoms with van der Waals surface area (Å²) in [6.07, 6.45) is 1.40. The van der Waals surface area contributed by atoms with E-state index in [2.05, 4.69) is 4.98 Å². The van der Waals surface area contributed by atoms with E-state index in [4.69, 9.17) is 9.47 Å². The van der Waals surface area contributed by atoms with E-state index >= 15 is 0 Å². The summed E-state index contributed by atoms with van der Waals surface area (Å²) < 4.78 is 25.8. The largest absolute Gasteiger partial charge is 0.490 e. The van der Waals surface area contributed by atoms with Gasteiger partial charge >= 0.3 is 5.97 Å². The van der Waals surface area contributed by atoms with Gasteiger partial charge in [0.25, 0.3) is 0 Å². The Morgan fingerprint density at radius 3 is 2.64 bits per heavy atom. The average molecular weight is 489 g/mol.